The quantitative estimate of drug-likeness (QED) is 0.108. The van der Waals surface area contributed by atoms with Gasteiger partial charge in [0.1, 0.15) is 6.10 Å². The number of phenolic OH excluding ortho intramolecular Hbond substituents is 1. The van der Waals surface area contributed by atoms with Gasteiger partial charge in [0.25, 0.3) is 0 Å². The van der Waals surface area contributed by atoms with E-state index in [1.165, 1.54) is 26.2 Å². The van der Waals surface area contributed by atoms with Crippen molar-refractivity contribution in [2.75, 3.05) is 23.5 Å². The maximum Gasteiger partial charge on any atom is 0.412 e. The third-order valence-corrected chi connectivity index (χ3v) is 5.69. The smallest absolute Gasteiger partial charge is 0.412 e. The van der Waals surface area contributed by atoms with Gasteiger partial charge in [-0.3, -0.25) is 14.9 Å². The Morgan fingerprint density at radius 3 is 2.42 bits per heavy atom. The zero-order chi connectivity index (χ0) is 27.5. The lowest BCUT2D eigenvalue weighted by Crippen LogP contribution is -2.18. The lowest BCUT2D eigenvalue weighted by molar-refractivity contribution is -0.111. The number of carbonyl (C=O) groups is 3. The maximum absolute atomic E-state index is 12.6. The molecule has 9 nitrogen and oxygen atoms in total. The molecule has 5 N–H and O–H groups in total. The van der Waals surface area contributed by atoms with Gasteiger partial charge in [0.05, 0.1) is 18.5 Å². The van der Waals surface area contributed by atoms with Crippen LogP contribution in [-0.4, -0.2) is 30.0 Å². The molecule has 198 valence electrons. The van der Waals surface area contributed by atoms with E-state index in [1.807, 2.05) is 0 Å². The Kier molecular flexibility index (Phi) is 9.87. The number of amides is 2. The Hall–Kier alpha value is -4.79. The first-order chi connectivity index (χ1) is 18.3. The molecule has 2 amide bonds. The number of ether oxygens (including phenoxy) is 2. The van der Waals surface area contributed by atoms with Crippen molar-refractivity contribution in [1.82, 2.24) is 0 Å². The molecule has 0 aliphatic rings. The van der Waals surface area contributed by atoms with Crippen molar-refractivity contribution in [2.24, 2.45) is 0 Å². The van der Waals surface area contributed by atoms with E-state index in [-0.39, 0.29) is 17.4 Å². The summed E-state index contributed by atoms with van der Waals surface area (Å²) in [5.41, 5.74) is 8.46. The van der Waals surface area contributed by atoms with E-state index in [0.29, 0.717) is 53.2 Å². The molecule has 3 rings (SSSR count). The third-order valence-electron chi connectivity index (χ3n) is 5.69. The summed E-state index contributed by atoms with van der Waals surface area (Å²) in [5, 5.41) is 15.6. The number of para-hydroxylation sites is 2. The molecule has 0 aliphatic heterocycles. The third kappa shape index (κ3) is 8.12. The van der Waals surface area contributed by atoms with E-state index >= 15 is 0 Å². The van der Waals surface area contributed by atoms with Crippen LogP contribution >= 0.6 is 0 Å². The fraction of sp³-hybridized carbons (Fsp3) is 0.207. The van der Waals surface area contributed by atoms with Crippen LogP contribution in [0.2, 0.25) is 0 Å². The Morgan fingerprint density at radius 2 is 1.76 bits per heavy atom. The number of nitrogens with one attached hydrogen (secondary N) is 2. The van der Waals surface area contributed by atoms with Gasteiger partial charge < -0.3 is 25.6 Å². The molecule has 9 heteroatoms. The molecule has 0 fully saturated rings. The fourth-order valence-corrected chi connectivity index (χ4v) is 3.66. The highest BCUT2D eigenvalue weighted by Gasteiger charge is 2.19. The molecule has 0 heterocycles. The number of benzene rings is 3. The second kappa shape index (κ2) is 13.5. The molecule has 0 unspecified atom stereocenters. The van der Waals surface area contributed by atoms with Gasteiger partial charge in [-0.25, -0.2) is 4.79 Å². The first kappa shape index (κ1) is 27.8. The standard InChI is InChI=1S/C29H31N3O6/c1-19(33)20-12-15-22(16-13-20)31-29(36)38-26(21-14-17-27(37-2)25(34)18-21)10-4-3-5-11-28(35)32-24-9-7-6-8-23(24)30/h5-9,11-18,26,34H,3-4,10,30H2,1-2H3,(H,31,36)(H,32,35)/b11-5+/t26-/m0/s1. The zero-order valence-electron chi connectivity index (χ0n) is 21.3. The number of aromatic hydroxyl groups is 1. The summed E-state index contributed by atoms with van der Waals surface area (Å²) in [4.78, 5) is 36.3. The number of carbonyl (C=O) groups excluding carboxylic acids is 3. The molecule has 3 aromatic rings. The van der Waals surface area contributed by atoms with Crippen molar-refractivity contribution >= 4 is 34.8 Å². The predicted molar refractivity (Wildman–Crippen MR) is 146 cm³/mol. The van der Waals surface area contributed by atoms with Gasteiger partial charge >= 0.3 is 6.09 Å². The highest BCUT2D eigenvalue weighted by atomic mass is 16.6. The highest BCUT2D eigenvalue weighted by Crippen LogP contribution is 2.32. The molecule has 0 aliphatic carbocycles. The lowest BCUT2D eigenvalue weighted by atomic mass is 10.0. The minimum absolute atomic E-state index is 0.0735. The number of rotatable bonds is 11. The topological polar surface area (TPSA) is 140 Å². The van der Waals surface area contributed by atoms with Gasteiger partial charge in [-0.05, 0) is 86.4 Å². The number of methoxy groups -OCH3 is 1. The van der Waals surface area contributed by atoms with E-state index in [1.54, 1.807) is 66.7 Å². The summed E-state index contributed by atoms with van der Waals surface area (Å²) in [5.74, 6) is -0.147. The van der Waals surface area contributed by atoms with Crippen LogP contribution < -0.4 is 21.1 Å². The molecular weight excluding hydrogens is 486 g/mol. The monoisotopic (exact) mass is 517 g/mol. The minimum atomic E-state index is -0.684. The molecule has 0 saturated heterocycles. The predicted octanol–water partition coefficient (Wildman–Crippen LogP) is 5.84. The van der Waals surface area contributed by atoms with Crippen LogP contribution in [0.4, 0.5) is 21.9 Å². The number of unbranched alkanes of at least 4 members (excludes halogenated alkanes) is 1. The summed E-state index contributed by atoms with van der Waals surface area (Å²) in [6, 6.07) is 18.3. The van der Waals surface area contributed by atoms with Gasteiger partial charge in [0, 0.05) is 11.3 Å². The van der Waals surface area contributed by atoms with Crippen LogP contribution in [0.15, 0.2) is 78.9 Å². The van der Waals surface area contributed by atoms with E-state index in [2.05, 4.69) is 10.6 Å². The summed E-state index contributed by atoms with van der Waals surface area (Å²) >= 11 is 0. The van der Waals surface area contributed by atoms with Gasteiger partial charge in [0.15, 0.2) is 17.3 Å². The summed E-state index contributed by atoms with van der Waals surface area (Å²) in [7, 11) is 1.45. The summed E-state index contributed by atoms with van der Waals surface area (Å²) in [6.45, 7) is 1.46. The molecule has 0 spiro atoms. The van der Waals surface area contributed by atoms with Crippen LogP contribution in [0, 0.1) is 0 Å². The van der Waals surface area contributed by atoms with Gasteiger partial charge in [-0.15, -0.1) is 0 Å². The number of nitrogen functional groups attached to an aromatic ring is 1. The normalized spacial score (nSPS) is 11.5. The molecule has 1 atom stereocenters. The van der Waals surface area contributed by atoms with Crippen LogP contribution in [0.25, 0.3) is 0 Å². The number of anilines is 3. The van der Waals surface area contributed by atoms with Crippen LogP contribution in [0.1, 0.15) is 48.2 Å². The molecule has 3 aromatic carbocycles. The minimum Gasteiger partial charge on any atom is -0.504 e. The molecular formula is C29H31N3O6. The number of hydrogen-bond acceptors (Lipinski definition) is 7. The summed E-state index contributed by atoms with van der Waals surface area (Å²) in [6.07, 6.45) is 3.38. The van der Waals surface area contributed by atoms with Crippen molar-refractivity contribution in [2.45, 2.75) is 32.3 Å². The molecule has 0 bridgehead atoms. The number of ketones is 1. The Morgan fingerprint density at radius 1 is 1.03 bits per heavy atom. The molecule has 38 heavy (non-hydrogen) atoms. The van der Waals surface area contributed by atoms with E-state index < -0.39 is 12.2 Å². The average molecular weight is 518 g/mol. The van der Waals surface area contributed by atoms with Crippen molar-refractivity contribution < 1.29 is 29.0 Å². The second-order valence-electron chi connectivity index (χ2n) is 8.49. The van der Waals surface area contributed by atoms with E-state index in [4.69, 9.17) is 15.2 Å². The van der Waals surface area contributed by atoms with Gasteiger partial charge in [-0.1, -0.05) is 24.3 Å². The second-order valence-corrected chi connectivity index (χ2v) is 8.49. The highest BCUT2D eigenvalue weighted by molar-refractivity contribution is 6.01. The number of allylic oxidation sites excluding steroid dienone is 1. The largest absolute Gasteiger partial charge is 0.504 e. The maximum atomic E-state index is 12.6. The molecule has 0 radical (unpaired) electrons. The SMILES string of the molecule is COc1ccc([C@H](CCC/C=C/C(=O)Nc2ccccc2N)OC(=O)Nc2ccc(C(C)=O)cc2)cc1O. The first-order valence-electron chi connectivity index (χ1n) is 12.0. The van der Waals surface area contributed by atoms with Crippen molar-refractivity contribution in [3.05, 3.63) is 90.0 Å². The van der Waals surface area contributed by atoms with Crippen LogP contribution in [0.3, 0.4) is 0 Å². The summed E-state index contributed by atoms with van der Waals surface area (Å²) < 4.78 is 10.8. The fourth-order valence-electron chi connectivity index (χ4n) is 3.66. The number of Topliss-reactive ketones (excluding diaryl/α,β-unsaturated/α-hetero) is 1. The zero-order valence-corrected chi connectivity index (χ0v) is 21.3. The Bertz CT molecular complexity index is 1300. The van der Waals surface area contributed by atoms with Gasteiger partial charge in [0.2, 0.25) is 5.91 Å². The van der Waals surface area contributed by atoms with Crippen molar-refractivity contribution in [3.8, 4) is 11.5 Å². The van der Waals surface area contributed by atoms with Gasteiger partial charge in [-0.2, -0.15) is 0 Å². The number of nitrogens with two attached hydrogens (primary N) is 1. The molecule has 0 aromatic heterocycles. The Labute approximate surface area is 221 Å². The number of phenols is 1. The van der Waals surface area contributed by atoms with Crippen LogP contribution in [-0.2, 0) is 9.53 Å². The van der Waals surface area contributed by atoms with Crippen molar-refractivity contribution in [3.63, 3.8) is 0 Å². The van der Waals surface area contributed by atoms with Crippen molar-refractivity contribution in [1.29, 1.82) is 0 Å². The van der Waals surface area contributed by atoms with Crippen LogP contribution in [0.5, 0.6) is 11.5 Å². The molecule has 0 saturated carbocycles. The van der Waals surface area contributed by atoms with E-state index in [0.717, 1.165) is 0 Å². The van der Waals surface area contributed by atoms with E-state index in [9.17, 15) is 19.5 Å². The Balaban J connectivity index is 1.61. The first-order valence-corrected chi connectivity index (χ1v) is 12.0. The number of hydrogen-bond donors (Lipinski definition) is 4. The lowest BCUT2D eigenvalue weighted by Gasteiger charge is -2.19. The average Bonchev–Trinajstić information content (AvgIpc) is 2.89.